The van der Waals surface area contributed by atoms with Crippen LogP contribution in [0.3, 0.4) is 0 Å². The molecule has 3 aliphatic carbocycles. The van der Waals surface area contributed by atoms with Gasteiger partial charge in [0.25, 0.3) is 0 Å². The highest BCUT2D eigenvalue weighted by Gasteiger charge is 2.50. The van der Waals surface area contributed by atoms with Gasteiger partial charge in [0.1, 0.15) is 11.4 Å². The van der Waals surface area contributed by atoms with Gasteiger partial charge >= 0.3 is 5.97 Å². The zero-order chi connectivity index (χ0) is 25.1. The summed E-state index contributed by atoms with van der Waals surface area (Å²) in [6, 6.07) is 0. The Kier molecular flexibility index (Phi) is 9.30. The van der Waals surface area contributed by atoms with Crippen molar-refractivity contribution in [2.75, 3.05) is 5.33 Å². The Bertz CT molecular complexity index is 807. The van der Waals surface area contributed by atoms with Gasteiger partial charge in [0.2, 0.25) is 0 Å². The first-order chi connectivity index (χ1) is 15.9. The quantitative estimate of drug-likeness (QED) is 0.269. The number of halogens is 1. The third-order valence-corrected chi connectivity index (χ3v) is 9.28. The van der Waals surface area contributed by atoms with Crippen molar-refractivity contribution in [2.24, 2.45) is 23.2 Å². The molecule has 6 atom stereocenters. The third-order valence-electron chi connectivity index (χ3n) is 8.83. The number of fused-ring (bicyclic) bond motifs is 1. The molecule has 3 saturated carbocycles. The number of hydrogen-bond acceptors (Lipinski definition) is 4. The summed E-state index contributed by atoms with van der Waals surface area (Å²) >= 11 is 3.14. The van der Waals surface area contributed by atoms with Gasteiger partial charge in [0.05, 0.1) is 11.7 Å². The lowest BCUT2D eigenvalue weighted by Gasteiger charge is -2.44. The Morgan fingerprint density at radius 2 is 2.09 bits per heavy atom. The Labute approximate surface area is 215 Å². The molecule has 0 heterocycles. The molecule has 34 heavy (non-hydrogen) atoms. The zero-order valence-corrected chi connectivity index (χ0v) is 23.2. The predicted molar refractivity (Wildman–Crippen MR) is 142 cm³/mol. The van der Waals surface area contributed by atoms with E-state index >= 15 is 0 Å². The zero-order valence-electron chi connectivity index (χ0n) is 21.6. The molecule has 0 aromatic rings. The number of carbonyl (C=O) groups excluding carboxylic acids is 1. The summed E-state index contributed by atoms with van der Waals surface area (Å²) in [5, 5.41) is 20.7. The number of hydrogen-bond donors (Lipinski definition) is 2. The molecule has 0 saturated heterocycles. The number of esters is 1. The minimum Gasteiger partial charge on any atom is -0.461 e. The smallest absolute Gasteiger partial charge is 0.316 e. The minimum absolute atomic E-state index is 0.168. The van der Waals surface area contributed by atoms with E-state index in [2.05, 4.69) is 48.5 Å². The molecule has 2 unspecified atom stereocenters. The highest BCUT2D eigenvalue weighted by Crippen LogP contribution is 2.60. The number of aliphatic hydroxyl groups is 2. The number of rotatable bonds is 8. The molecule has 5 heteroatoms. The lowest BCUT2D eigenvalue weighted by Crippen LogP contribution is -2.36. The van der Waals surface area contributed by atoms with E-state index in [0.29, 0.717) is 30.1 Å². The highest BCUT2D eigenvalue weighted by molar-refractivity contribution is 9.09. The first-order valence-corrected chi connectivity index (χ1v) is 14.3. The maximum Gasteiger partial charge on any atom is 0.316 e. The van der Waals surface area contributed by atoms with Crippen molar-refractivity contribution in [1.82, 2.24) is 0 Å². The van der Waals surface area contributed by atoms with Crippen LogP contribution in [-0.4, -0.2) is 39.3 Å². The Morgan fingerprint density at radius 3 is 2.76 bits per heavy atom. The summed E-state index contributed by atoms with van der Waals surface area (Å²) < 4.78 is 5.50. The van der Waals surface area contributed by atoms with Crippen LogP contribution in [0.2, 0.25) is 0 Å². The fourth-order valence-electron chi connectivity index (χ4n) is 7.03. The molecule has 0 aromatic carbocycles. The van der Waals surface area contributed by atoms with Crippen LogP contribution < -0.4 is 0 Å². The van der Waals surface area contributed by atoms with E-state index in [1.54, 1.807) is 0 Å². The first-order valence-electron chi connectivity index (χ1n) is 13.2. The lowest BCUT2D eigenvalue weighted by atomic mass is 9.60. The van der Waals surface area contributed by atoms with Crippen LogP contribution in [0, 0.1) is 23.2 Å². The molecule has 0 bridgehead atoms. The van der Waals surface area contributed by atoms with Crippen molar-refractivity contribution >= 4 is 21.9 Å². The molecule has 3 rings (SSSR count). The predicted octanol–water partition coefficient (Wildman–Crippen LogP) is 6.65. The summed E-state index contributed by atoms with van der Waals surface area (Å²) in [6.45, 7) is 12.9. The maximum atomic E-state index is 11.7. The van der Waals surface area contributed by atoms with Crippen molar-refractivity contribution < 1.29 is 19.7 Å². The average molecular weight is 538 g/mol. The van der Waals surface area contributed by atoms with Crippen molar-refractivity contribution in [3.8, 4) is 0 Å². The monoisotopic (exact) mass is 536 g/mol. The van der Waals surface area contributed by atoms with E-state index in [1.807, 2.05) is 13.8 Å². The molecule has 0 aliphatic heterocycles. The minimum atomic E-state index is -0.663. The summed E-state index contributed by atoms with van der Waals surface area (Å²) in [6.07, 6.45) is 13.8. The van der Waals surface area contributed by atoms with Crippen LogP contribution in [0.15, 0.2) is 35.5 Å². The normalized spacial score (nSPS) is 35.4. The Hall–Kier alpha value is -0.910. The second-order valence-corrected chi connectivity index (χ2v) is 12.5. The molecule has 0 spiro atoms. The summed E-state index contributed by atoms with van der Waals surface area (Å²) in [5.74, 6) is 1.73. The van der Waals surface area contributed by atoms with E-state index in [1.165, 1.54) is 37.7 Å². The number of alkyl halides is 1. The van der Waals surface area contributed by atoms with Gasteiger partial charge in [-0.2, -0.15) is 0 Å². The summed E-state index contributed by atoms with van der Waals surface area (Å²) in [5.41, 5.74) is 3.06. The van der Waals surface area contributed by atoms with E-state index in [0.717, 1.165) is 36.3 Å². The molecule has 0 amide bonds. The summed E-state index contributed by atoms with van der Waals surface area (Å²) in [7, 11) is 0. The van der Waals surface area contributed by atoms with Crippen molar-refractivity contribution in [1.29, 1.82) is 0 Å². The molecular formula is C29H45BrO4. The second-order valence-electron chi connectivity index (χ2n) is 11.9. The number of aliphatic hydroxyl groups excluding tert-OH is 1. The molecule has 192 valence electrons. The van der Waals surface area contributed by atoms with Crippen LogP contribution in [0.4, 0.5) is 0 Å². The fraction of sp³-hybridized carbons (Fsp3) is 0.759. The SMILES string of the molecule is C=C1C(=CC=C2CCC[C@@]3(C)C2CC[C@@H]3[C@H](C)CCCC(C)(C)O)C[C@@H](OC(=O)CBr)CC1O. The van der Waals surface area contributed by atoms with Crippen LogP contribution in [0.1, 0.15) is 91.9 Å². The second kappa shape index (κ2) is 11.4. The Morgan fingerprint density at radius 1 is 1.35 bits per heavy atom. The van der Waals surface area contributed by atoms with Crippen LogP contribution in [-0.2, 0) is 9.53 Å². The van der Waals surface area contributed by atoms with Gasteiger partial charge in [-0.1, -0.05) is 66.9 Å². The van der Waals surface area contributed by atoms with Gasteiger partial charge in [-0.15, -0.1) is 0 Å². The molecule has 2 N–H and O–H groups in total. The van der Waals surface area contributed by atoms with Crippen LogP contribution >= 0.6 is 15.9 Å². The highest BCUT2D eigenvalue weighted by atomic mass is 79.9. The van der Waals surface area contributed by atoms with Gasteiger partial charge < -0.3 is 14.9 Å². The fourth-order valence-corrected chi connectivity index (χ4v) is 7.16. The van der Waals surface area contributed by atoms with Gasteiger partial charge in [0.15, 0.2) is 0 Å². The lowest BCUT2D eigenvalue weighted by molar-refractivity contribution is -0.147. The van der Waals surface area contributed by atoms with Crippen LogP contribution in [0.25, 0.3) is 0 Å². The average Bonchev–Trinajstić information content (AvgIpc) is 3.11. The molecule has 0 radical (unpaired) electrons. The van der Waals surface area contributed by atoms with E-state index < -0.39 is 11.7 Å². The van der Waals surface area contributed by atoms with Gasteiger partial charge in [0, 0.05) is 12.8 Å². The third kappa shape index (κ3) is 6.64. The van der Waals surface area contributed by atoms with Crippen molar-refractivity contribution in [2.45, 2.75) is 110 Å². The Balaban J connectivity index is 1.71. The van der Waals surface area contributed by atoms with E-state index in [9.17, 15) is 15.0 Å². The molecule has 3 aliphatic rings. The maximum absolute atomic E-state index is 11.7. The number of ether oxygens (including phenoxy) is 1. The largest absolute Gasteiger partial charge is 0.461 e. The standard InChI is InChI=1S/C29H45BrO4/c1-19(8-6-14-28(3,4)33)24-12-13-25-21(9-7-15-29(24,25)5)10-11-22-16-23(34-27(32)18-30)17-26(31)20(22)2/h10-11,19,23-26,31,33H,2,6-9,12-18H2,1,3-5H3/t19-,23-,24-,25?,26?,29-/m1/s1. The number of allylic oxidation sites excluding steroid dienone is 3. The topological polar surface area (TPSA) is 66.8 Å². The van der Waals surface area contributed by atoms with Crippen molar-refractivity contribution in [3.63, 3.8) is 0 Å². The molecule has 3 fully saturated rings. The number of carbonyl (C=O) groups is 1. The first kappa shape index (κ1) is 27.7. The molecule has 4 nitrogen and oxygen atoms in total. The van der Waals surface area contributed by atoms with E-state index in [-0.39, 0.29) is 17.4 Å². The van der Waals surface area contributed by atoms with Crippen LogP contribution in [0.5, 0.6) is 0 Å². The van der Waals surface area contributed by atoms with Gasteiger partial charge in [-0.25, -0.2) is 0 Å². The molecular weight excluding hydrogens is 492 g/mol. The molecule has 0 aromatic heterocycles. The van der Waals surface area contributed by atoms with E-state index in [4.69, 9.17) is 4.74 Å². The summed E-state index contributed by atoms with van der Waals surface area (Å²) in [4.78, 5) is 11.7. The van der Waals surface area contributed by atoms with Gasteiger partial charge in [-0.05, 0) is 86.7 Å². The van der Waals surface area contributed by atoms with Crippen molar-refractivity contribution in [3.05, 3.63) is 35.5 Å². The van der Waals surface area contributed by atoms with Gasteiger partial charge in [-0.3, -0.25) is 4.79 Å².